The zero-order valence-electron chi connectivity index (χ0n) is 18.0. The maximum Gasteiger partial charge on any atom is 0.344 e. The Balaban J connectivity index is 1.73. The average Bonchev–Trinajstić information content (AvgIpc) is 2.83. The fraction of sp³-hybridized carbons (Fsp3) is 0.111. The van der Waals surface area contributed by atoms with Crippen LogP contribution < -0.4 is 20.9 Å². The van der Waals surface area contributed by atoms with Crippen molar-refractivity contribution in [2.45, 2.75) is 5.92 Å². The molecule has 1 aliphatic heterocycles. The van der Waals surface area contributed by atoms with Crippen LogP contribution in [0.2, 0.25) is 0 Å². The van der Waals surface area contributed by atoms with Gasteiger partial charge in [0.1, 0.15) is 22.7 Å². The van der Waals surface area contributed by atoms with Crippen LogP contribution >= 0.6 is 0 Å². The molecule has 0 saturated heterocycles. The Labute approximate surface area is 188 Å². The van der Waals surface area contributed by atoms with Crippen LogP contribution in [-0.4, -0.2) is 14.1 Å². The first-order valence-electron chi connectivity index (χ1n) is 10.6. The van der Waals surface area contributed by atoms with E-state index in [4.69, 9.17) is 13.6 Å². The molecule has 1 aliphatic rings. The second-order valence-corrected chi connectivity index (χ2v) is 8.28. The fourth-order valence-corrected chi connectivity index (χ4v) is 4.53. The minimum Gasteiger partial charge on any atom is -0.455 e. The van der Waals surface area contributed by atoms with Gasteiger partial charge in [0, 0.05) is 19.8 Å². The Kier molecular flexibility index (Phi) is 4.17. The van der Waals surface area contributed by atoms with Gasteiger partial charge in [-0.25, -0.2) is 9.59 Å². The molecule has 6 nitrogen and oxygen atoms in total. The van der Waals surface area contributed by atoms with E-state index >= 15 is 0 Å². The van der Waals surface area contributed by atoms with Crippen molar-refractivity contribution in [3.8, 4) is 11.5 Å². The summed E-state index contributed by atoms with van der Waals surface area (Å²) in [5.74, 6) is 0.125. The number of nitrogens with zero attached hydrogens (tertiary/aromatic N) is 1. The van der Waals surface area contributed by atoms with E-state index in [0.29, 0.717) is 44.6 Å². The van der Waals surface area contributed by atoms with Gasteiger partial charge in [0.25, 0.3) is 0 Å². The molecule has 33 heavy (non-hydrogen) atoms. The third-order valence-corrected chi connectivity index (χ3v) is 6.12. The summed E-state index contributed by atoms with van der Waals surface area (Å²) in [7, 11) is 3.91. The molecule has 162 valence electrons. The lowest BCUT2D eigenvalue weighted by Crippen LogP contribution is -2.26. The zero-order valence-corrected chi connectivity index (χ0v) is 18.0. The van der Waals surface area contributed by atoms with Crippen LogP contribution in [0.1, 0.15) is 22.6 Å². The molecular formula is C27H19NO5. The highest BCUT2D eigenvalue weighted by atomic mass is 16.5. The molecule has 6 heteroatoms. The molecule has 3 heterocycles. The zero-order chi connectivity index (χ0) is 22.7. The molecule has 0 atom stereocenters. The summed E-state index contributed by atoms with van der Waals surface area (Å²) in [6.07, 6.45) is 0. The van der Waals surface area contributed by atoms with E-state index in [1.54, 1.807) is 24.3 Å². The number of hydrogen-bond acceptors (Lipinski definition) is 6. The lowest BCUT2D eigenvalue weighted by atomic mass is 9.83. The summed E-state index contributed by atoms with van der Waals surface area (Å²) >= 11 is 0. The molecule has 0 fully saturated rings. The normalized spacial score (nSPS) is 12.9. The minimum atomic E-state index is -0.693. The van der Waals surface area contributed by atoms with E-state index in [1.807, 2.05) is 67.5 Å². The van der Waals surface area contributed by atoms with Crippen molar-refractivity contribution in [1.82, 2.24) is 0 Å². The maximum absolute atomic E-state index is 13.2. The molecule has 0 spiro atoms. The minimum absolute atomic E-state index is 0.293. The fourth-order valence-electron chi connectivity index (χ4n) is 4.53. The number of para-hydroxylation sites is 2. The van der Waals surface area contributed by atoms with Crippen molar-refractivity contribution in [1.29, 1.82) is 0 Å². The van der Waals surface area contributed by atoms with E-state index in [1.165, 1.54) is 0 Å². The van der Waals surface area contributed by atoms with Crippen molar-refractivity contribution in [3.05, 3.63) is 110 Å². The van der Waals surface area contributed by atoms with E-state index in [2.05, 4.69) is 0 Å². The van der Waals surface area contributed by atoms with Gasteiger partial charge in [-0.2, -0.15) is 0 Å². The van der Waals surface area contributed by atoms with E-state index < -0.39 is 17.2 Å². The van der Waals surface area contributed by atoms with E-state index in [-0.39, 0.29) is 0 Å². The Bertz CT molecular complexity index is 1560. The SMILES string of the molecule is CN(C)c1ccc(C2c3c(c4ccccc4oc3=O)Oc3c2c(=O)oc2ccccc32)cc1. The molecule has 0 amide bonds. The Morgan fingerprint density at radius 2 is 1.15 bits per heavy atom. The van der Waals surface area contributed by atoms with Gasteiger partial charge in [0.2, 0.25) is 0 Å². The van der Waals surface area contributed by atoms with Gasteiger partial charge in [0.15, 0.2) is 0 Å². The van der Waals surface area contributed by atoms with Gasteiger partial charge >= 0.3 is 11.3 Å². The van der Waals surface area contributed by atoms with Gasteiger partial charge in [-0.15, -0.1) is 0 Å². The van der Waals surface area contributed by atoms with Crippen molar-refractivity contribution < 1.29 is 13.6 Å². The van der Waals surface area contributed by atoms with Gasteiger partial charge in [-0.3, -0.25) is 0 Å². The quantitative estimate of drug-likeness (QED) is 0.345. The summed E-state index contributed by atoms with van der Waals surface area (Å²) in [5, 5.41) is 1.34. The first-order valence-corrected chi connectivity index (χ1v) is 10.6. The van der Waals surface area contributed by atoms with Crippen molar-refractivity contribution in [3.63, 3.8) is 0 Å². The summed E-state index contributed by atoms with van der Waals surface area (Å²) < 4.78 is 17.6. The van der Waals surface area contributed by atoms with E-state index in [0.717, 1.165) is 11.3 Å². The summed E-state index contributed by atoms with van der Waals surface area (Å²) in [6.45, 7) is 0. The molecule has 0 saturated carbocycles. The van der Waals surface area contributed by atoms with Gasteiger partial charge in [0.05, 0.1) is 27.8 Å². The van der Waals surface area contributed by atoms with E-state index in [9.17, 15) is 9.59 Å². The standard InChI is InChI=1S/C27H19NO5/c1-28(2)16-13-11-15(12-14-16)21-22-24(17-7-3-5-9-19(17)31-26(22)29)33-25-18-8-4-6-10-20(18)32-27(30)23(21)25/h3-14,21H,1-2H3. The number of benzene rings is 3. The lowest BCUT2D eigenvalue weighted by Gasteiger charge is -2.28. The van der Waals surface area contributed by atoms with Gasteiger partial charge < -0.3 is 18.5 Å². The molecule has 5 aromatic rings. The van der Waals surface area contributed by atoms with Gasteiger partial charge in [-0.1, -0.05) is 36.4 Å². The number of hydrogen-bond donors (Lipinski definition) is 0. The van der Waals surface area contributed by atoms with Crippen LogP contribution in [0.25, 0.3) is 21.9 Å². The smallest absolute Gasteiger partial charge is 0.344 e. The van der Waals surface area contributed by atoms with Crippen LogP contribution in [0, 0.1) is 0 Å². The molecule has 0 radical (unpaired) electrons. The number of ether oxygens (including phenoxy) is 1. The second-order valence-electron chi connectivity index (χ2n) is 8.28. The number of rotatable bonds is 2. The third-order valence-electron chi connectivity index (χ3n) is 6.12. The summed E-state index contributed by atoms with van der Waals surface area (Å²) in [6, 6.07) is 22.2. The second kappa shape index (κ2) is 7.10. The third kappa shape index (κ3) is 2.88. The monoisotopic (exact) mass is 437 g/mol. The topological polar surface area (TPSA) is 72.9 Å². The van der Waals surface area contributed by atoms with Crippen molar-refractivity contribution in [2.75, 3.05) is 19.0 Å². The number of anilines is 1. The molecule has 0 bridgehead atoms. The molecule has 0 unspecified atom stereocenters. The molecule has 0 N–H and O–H groups in total. The first kappa shape index (κ1) is 19.4. The highest BCUT2D eigenvalue weighted by Crippen LogP contribution is 2.49. The molecule has 0 aliphatic carbocycles. The lowest BCUT2D eigenvalue weighted by molar-refractivity contribution is 0.429. The highest BCUT2D eigenvalue weighted by Gasteiger charge is 2.37. The predicted octanol–water partition coefficient (Wildman–Crippen LogP) is 5.25. The average molecular weight is 437 g/mol. The molecule has 3 aromatic carbocycles. The largest absolute Gasteiger partial charge is 0.455 e. The molecule has 6 rings (SSSR count). The predicted molar refractivity (Wildman–Crippen MR) is 127 cm³/mol. The van der Waals surface area contributed by atoms with Crippen molar-refractivity contribution in [2.24, 2.45) is 0 Å². The maximum atomic E-state index is 13.2. The van der Waals surface area contributed by atoms with Crippen LogP contribution in [0.5, 0.6) is 11.5 Å². The Morgan fingerprint density at radius 1 is 0.667 bits per heavy atom. The van der Waals surface area contributed by atoms with Gasteiger partial charge in [-0.05, 0) is 42.0 Å². The van der Waals surface area contributed by atoms with Crippen LogP contribution in [0.3, 0.4) is 0 Å². The molecule has 2 aromatic heterocycles. The summed E-state index contributed by atoms with van der Waals surface area (Å²) in [4.78, 5) is 28.5. The summed E-state index contributed by atoms with van der Waals surface area (Å²) in [5.41, 5.74) is 2.14. The number of fused-ring (bicyclic) bond motifs is 6. The van der Waals surface area contributed by atoms with Crippen LogP contribution in [-0.2, 0) is 0 Å². The van der Waals surface area contributed by atoms with Crippen LogP contribution in [0.4, 0.5) is 5.69 Å². The first-order chi connectivity index (χ1) is 16.0. The van der Waals surface area contributed by atoms with Crippen molar-refractivity contribution >= 4 is 27.6 Å². The molecular weight excluding hydrogens is 418 g/mol. The van der Waals surface area contributed by atoms with Crippen LogP contribution in [0.15, 0.2) is 91.2 Å². The Morgan fingerprint density at radius 3 is 1.64 bits per heavy atom. The Hall–Kier alpha value is -4.32. The highest BCUT2D eigenvalue weighted by molar-refractivity contribution is 5.90.